The van der Waals surface area contributed by atoms with Crippen molar-refractivity contribution in [2.24, 2.45) is 0 Å². The van der Waals surface area contributed by atoms with Gasteiger partial charge in [0, 0.05) is 43.7 Å². The normalized spacial score (nSPS) is 21.1. The average molecular weight is 348 g/mol. The van der Waals surface area contributed by atoms with E-state index in [-0.39, 0.29) is 12.0 Å². The van der Waals surface area contributed by atoms with Crippen LogP contribution < -0.4 is 5.32 Å². The second kappa shape index (κ2) is 6.75. The highest BCUT2D eigenvalue weighted by Crippen LogP contribution is 2.31. The molecule has 24 heavy (non-hydrogen) atoms. The summed E-state index contributed by atoms with van der Waals surface area (Å²) in [6.45, 7) is 3.53. The third-order valence-corrected chi connectivity index (χ3v) is 5.27. The number of carbonyl (C=O) groups is 1. The summed E-state index contributed by atoms with van der Waals surface area (Å²) in [7, 11) is 0. The summed E-state index contributed by atoms with van der Waals surface area (Å²) in [5.41, 5.74) is 3.52. The zero-order chi connectivity index (χ0) is 16.5. The lowest BCUT2D eigenvalue weighted by atomic mass is 10.0. The highest BCUT2D eigenvalue weighted by atomic mass is 35.5. The first-order chi connectivity index (χ1) is 11.7. The number of halogens is 1. The maximum atomic E-state index is 12.2. The van der Waals surface area contributed by atoms with Crippen LogP contribution in [0.5, 0.6) is 0 Å². The van der Waals surface area contributed by atoms with Gasteiger partial charge in [-0.2, -0.15) is 0 Å². The molecule has 1 aromatic heterocycles. The fourth-order valence-electron chi connectivity index (χ4n) is 3.69. The Hall–Kier alpha value is -1.56. The van der Waals surface area contributed by atoms with Crippen LogP contribution in [0.3, 0.4) is 0 Å². The molecule has 1 atom stereocenters. The first-order valence-corrected chi connectivity index (χ1v) is 8.97. The molecular weight excluding hydrogens is 326 g/mol. The van der Waals surface area contributed by atoms with Gasteiger partial charge in [-0.25, -0.2) is 0 Å². The van der Waals surface area contributed by atoms with E-state index < -0.39 is 0 Å². The van der Waals surface area contributed by atoms with Gasteiger partial charge in [0.05, 0.1) is 23.2 Å². The van der Waals surface area contributed by atoms with Crippen molar-refractivity contribution in [2.45, 2.75) is 31.9 Å². The number of carbonyl (C=O) groups excluding carboxylic acids is 1. The lowest BCUT2D eigenvalue weighted by molar-refractivity contribution is -0.123. The standard InChI is InChI=1S/C18H22ClN3O2/c19-15-5-1-4-13-14-10-22(7-6-16(14)21-18(13)15)11-17(23)20-9-12-3-2-8-24-12/h1,4-5,12,21H,2-3,6-11H2,(H,20,23)/t12-/m1/s1. The van der Waals surface area contributed by atoms with Gasteiger partial charge in [0.25, 0.3) is 0 Å². The highest BCUT2D eigenvalue weighted by molar-refractivity contribution is 6.35. The van der Waals surface area contributed by atoms with Gasteiger partial charge in [0.2, 0.25) is 5.91 Å². The van der Waals surface area contributed by atoms with Crippen LogP contribution in [-0.4, -0.2) is 48.1 Å². The number of H-pyrrole nitrogens is 1. The molecule has 0 saturated carbocycles. The Balaban J connectivity index is 1.39. The van der Waals surface area contributed by atoms with E-state index in [9.17, 15) is 4.79 Å². The molecule has 3 heterocycles. The van der Waals surface area contributed by atoms with E-state index >= 15 is 0 Å². The predicted molar refractivity (Wildman–Crippen MR) is 94.3 cm³/mol. The smallest absolute Gasteiger partial charge is 0.234 e. The number of nitrogens with zero attached hydrogens (tertiary/aromatic N) is 1. The topological polar surface area (TPSA) is 57.4 Å². The summed E-state index contributed by atoms with van der Waals surface area (Å²) in [4.78, 5) is 17.8. The van der Waals surface area contributed by atoms with Gasteiger partial charge in [-0.3, -0.25) is 9.69 Å². The van der Waals surface area contributed by atoms with E-state index in [4.69, 9.17) is 16.3 Å². The van der Waals surface area contributed by atoms with Crippen molar-refractivity contribution in [3.8, 4) is 0 Å². The summed E-state index contributed by atoms with van der Waals surface area (Å²) in [5, 5.41) is 4.92. The molecule has 2 aliphatic rings. The fourth-order valence-corrected chi connectivity index (χ4v) is 3.91. The number of hydrogen-bond acceptors (Lipinski definition) is 3. The molecule has 0 spiro atoms. The van der Waals surface area contributed by atoms with Crippen LogP contribution in [0.2, 0.25) is 5.02 Å². The van der Waals surface area contributed by atoms with Gasteiger partial charge in [0.1, 0.15) is 0 Å². The molecule has 0 radical (unpaired) electrons. The van der Waals surface area contributed by atoms with Gasteiger partial charge in [-0.1, -0.05) is 23.7 Å². The van der Waals surface area contributed by atoms with Crippen molar-refractivity contribution in [3.63, 3.8) is 0 Å². The number of aromatic amines is 1. The van der Waals surface area contributed by atoms with Crippen molar-refractivity contribution in [3.05, 3.63) is 34.5 Å². The van der Waals surface area contributed by atoms with E-state index in [1.54, 1.807) is 0 Å². The molecule has 2 N–H and O–H groups in total. The lowest BCUT2D eigenvalue weighted by Crippen LogP contribution is -2.41. The van der Waals surface area contributed by atoms with E-state index in [2.05, 4.69) is 21.3 Å². The molecule has 6 heteroatoms. The van der Waals surface area contributed by atoms with Crippen LogP contribution in [0.15, 0.2) is 18.2 Å². The minimum Gasteiger partial charge on any atom is -0.376 e. The van der Waals surface area contributed by atoms with Crippen LogP contribution in [0.1, 0.15) is 24.1 Å². The second-order valence-electron chi connectivity index (χ2n) is 6.64. The van der Waals surface area contributed by atoms with E-state index in [0.29, 0.717) is 13.1 Å². The maximum Gasteiger partial charge on any atom is 0.234 e. The summed E-state index contributed by atoms with van der Waals surface area (Å²) in [6, 6.07) is 5.98. The predicted octanol–water partition coefficient (Wildman–Crippen LogP) is 2.47. The third-order valence-electron chi connectivity index (χ3n) is 4.96. The Bertz CT molecular complexity index is 752. The van der Waals surface area contributed by atoms with Gasteiger partial charge >= 0.3 is 0 Å². The average Bonchev–Trinajstić information content (AvgIpc) is 3.21. The van der Waals surface area contributed by atoms with Gasteiger partial charge in [0.15, 0.2) is 0 Å². The fraction of sp³-hybridized carbons (Fsp3) is 0.500. The van der Waals surface area contributed by atoms with Crippen LogP contribution in [0.4, 0.5) is 0 Å². The van der Waals surface area contributed by atoms with Crippen LogP contribution >= 0.6 is 11.6 Å². The molecule has 5 nitrogen and oxygen atoms in total. The number of aromatic nitrogens is 1. The van der Waals surface area contributed by atoms with Gasteiger partial charge in [-0.15, -0.1) is 0 Å². The number of benzene rings is 1. The lowest BCUT2D eigenvalue weighted by Gasteiger charge is -2.26. The summed E-state index contributed by atoms with van der Waals surface area (Å²) in [6.07, 6.45) is 3.25. The molecule has 128 valence electrons. The van der Waals surface area contributed by atoms with Crippen molar-refractivity contribution in [1.82, 2.24) is 15.2 Å². The number of fused-ring (bicyclic) bond motifs is 3. The molecule has 1 aromatic carbocycles. The molecular formula is C18H22ClN3O2. The van der Waals surface area contributed by atoms with E-state index in [1.165, 1.54) is 16.6 Å². The molecule has 2 aliphatic heterocycles. The number of hydrogen-bond donors (Lipinski definition) is 2. The van der Waals surface area contributed by atoms with Crippen molar-refractivity contribution in [2.75, 3.05) is 26.2 Å². The van der Waals surface area contributed by atoms with Crippen molar-refractivity contribution < 1.29 is 9.53 Å². The van der Waals surface area contributed by atoms with Crippen LogP contribution in [0.25, 0.3) is 10.9 Å². The number of rotatable bonds is 4. The number of nitrogens with one attached hydrogen (secondary N) is 2. The Morgan fingerprint density at radius 3 is 3.21 bits per heavy atom. The quantitative estimate of drug-likeness (QED) is 0.893. The Kier molecular flexibility index (Phi) is 4.48. The highest BCUT2D eigenvalue weighted by Gasteiger charge is 2.23. The number of para-hydroxylation sites is 1. The second-order valence-corrected chi connectivity index (χ2v) is 7.05. The summed E-state index contributed by atoms with van der Waals surface area (Å²) < 4.78 is 5.54. The Morgan fingerprint density at radius 2 is 2.38 bits per heavy atom. The van der Waals surface area contributed by atoms with Gasteiger partial charge < -0.3 is 15.0 Å². The SMILES string of the molecule is O=C(CN1CCc2[nH]c3c(Cl)cccc3c2C1)NC[C@H]1CCCO1. The Morgan fingerprint density at radius 1 is 1.46 bits per heavy atom. The zero-order valence-corrected chi connectivity index (χ0v) is 14.4. The summed E-state index contributed by atoms with van der Waals surface area (Å²) in [5.74, 6) is 0.0758. The minimum atomic E-state index is 0.0758. The van der Waals surface area contributed by atoms with Crippen LogP contribution in [-0.2, 0) is 22.5 Å². The molecule has 2 aromatic rings. The Labute approximate surface area is 146 Å². The molecule has 0 unspecified atom stereocenters. The first kappa shape index (κ1) is 15.9. The third kappa shape index (κ3) is 3.16. The summed E-state index contributed by atoms with van der Waals surface area (Å²) >= 11 is 6.28. The van der Waals surface area contributed by atoms with Crippen LogP contribution in [0, 0.1) is 0 Å². The van der Waals surface area contributed by atoms with Gasteiger partial charge in [-0.05, 0) is 24.5 Å². The van der Waals surface area contributed by atoms with E-state index in [0.717, 1.165) is 49.5 Å². The van der Waals surface area contributed by atoms with Crippen molar-refractivity contribution >= 4 is 28.4 Å². The first-order valence-electron chi connectivity index (χ1n) is 8.59. The van der Waals surface area contributed by atoms with Crippen molar-refractivity contribution in [1.29, 1.82) is 0 Å². The zero-order valence-electron chi connectivity index (χ0n) is 13.6. The maximum absolute atomic E-state index is 12.2. The number of amides is 1. The number of ether oxygens (including phenoxy) is 1. The molecule has 0 bridgehead atoms. The monoisotopic (exact) mass is 347 g/mol. The minimum absolute atomic E-state index is 0.0758. The molecule has 1 saturated heterocycles. The molecule has 1 fully saturated rings. The van der Waals surface area contributed by atoms with E-state index in [1.807, 2.05) is 12.1 Å². The molecule has 1 amide bonds. The molecule has 4 rings (SSSR count). The molecule has 0 aliphatic carbocycles. The largest absolute Gasteiger partial charge is 0.376 e.